The number of methoxy groups -OCH3 is 1. The molecular formula is C16H18N2O4S. The predicted molar refractivity (Wildman–Crippen MR) is 87.6 cm³/mol. The summed E-state index contributed by atoms with van der Waals surface area (Å²) in [6.07, 6.45) is 0.807. The van der Waals surface area contributed by atoms with Crippen LogP contribution in [-0.4, -0.2) is 25.7 Å². The number of hydrogen-bond acceptors (Lipinski definition) is 5. The van der Waals surface area contributed by atoms with Crippen molar-refractivity contribution in [3.05, 3.63) is 52.2 Å². The van der Waals surface area contributed by atoms with E-state index in [-0.39, 0.29) is 12.5 Å². The number of benzene rings is 1. The molecule has 2 aromatic rings. The van der Waals surface area contributed by atoms with Crippen LogP contribution in [0.5, 0.6) is 5.75 Å². The fourth-order valence-electron chi connectivity index (χ4n) is 1.85. The van der Waals surface area contributed by atoms with Crippen molar-refractivity contribution in [2.75, 3.05) is 13.7 Å². The first-order valence-electron chi connectivity index (χ1n) is 7.08. The molecule has 6 nitrogen and oxygen atoms in total. The molecule has 1 aromatic heterocycles. The number of thiophene rings is 1. The van der Waals surface area contributed by atoms with E-state index in [0.29, 0.717) is 11.3 Å². The third-order valence-electron chi connectivity index (χ3n) is 3.03. The molecule has 0 saturated carbocycles. The maximum Gasteiger partial charge on any atom is 0.426 e. The number of rotatable bonds is 6. The molecule has 7 heteroatoms. The Morgan fingerprint density at radius 2 is 1.91 bits per heavy atom. The van der Waals surface area contributed by atoms with Crippen LogP contribution in [0.1, 0.15) is 21.7 Å². The maximum absolute atomic E-state index is 11.6. The minimum atomic E-state index is -0.676. The van der Waals surface area contributed by atoms with Crippen LogP contribution < -0.4 is 15.6 Å². The summed E-state index contributed by atoms with van der Waals surface area (Å²) in [5.41, 5.74) is 5.64. The number of hydrogen-bond donors (Lipinski definition) is 2. The highest BCUT2D eigenvalue weighted by atomic mass is 32.1. The van der Waals surface area contributed by atoms with E-state index in [0.717, 1.165) is 17.7 Å². The average molecular weight is 334 g/mol. The van der Waals surface area contributed by atoms with E-state index in [1.807, 2.05) is 24.3 Å². The van der Waals surface area contributed by atoms with Gasteiger partial charge in [-0.25, -0.2) is 10.2 Å². The smallest absolute Gasteiger partial charge is 0.426 e. The van der Waals surface area contributed by atoms with Gasteiger partial charge in [0, 0.05) is 0 Å². The second kappa shape index (κ2) is 8.79. The molecule has 1 aromatic carbocycles. The Morgan fingerprint density at radius 1 is 1.13 bits per heavy atom. The predicted octanol–water partition coefficient (Wildman–Crippen LogP) is 2.76. The van der Waals surface area contributed by atoms with Gasteiger partial charge in [-0.15, -0.1) is 11.3 Å². The standard InChI is InChI=1S/C16H18N2O4S/c1-21-13-8-6-12(7-9-13)4-2-10-22-16(20)18-17-15(19)14-5-3-11-23-14/h3,5-9,11H,2,4,10H2,1H3,(H,17,19)(H,18,20). The van der Waals surface area contributed by atoms with Gasteiger partial charge >= 0.3 is 6.09 Å². The number of nitrogens with one attached hydrogen (secondary N) is 2. The molecule has 0 unspecified atom stereocenters. The lowest BCUT2D eigenvalue weighted by Crippen LogP contribution is -2.41. The third-order valence-corrected chi connectivity index (χ3v) is 3.89. The zero-order valence-corrected chi connectivity index (χ0v) is 13.5. The van der Waals surface area contributed by atoms with Crippen LogP contribution in [0.4, 0.5) is 4.79 Å². The Kier molecular flexibility index (Phi) is 6.43. The van der Waals surface area contributed by atoms with Gasteiger partial charge in [0.25, 0.3) is 5.91 Å². The summed E-state index contributed by atoms with van der Waals surface area (Å²) in [4.78, 5) is 23.6. The minimum absolute atomic E-state index is 0.271. The van der Waals surface area contributed by atoms with E-state index in [1.165, 1.54) is 11.3 Å². The highest BCUT2D eigenvalue weighted by Crippen LogP contribution is 2.12. The van der Waals surface area contributed by atoms with Crippen molar-refractivity contribution >= 4 is 23.3 Å². The summed E-state index contributed by atoms with van der Waals surface area (Å²) in [6.45, 7) is 0.271. The summed E-state index contributed by atoms with van der Waals surface area (Å²) in [5, 5.41) is 1.78. The molecule has 0 aliphatic carbocycles. The molecular weight excluding hydrogens is 316 g/mol. The topological polar surface area (TPSA) is 76.7 Å². The highest BCUT2D eigenvalue weighted by molar-refractivity contribution is 7.12. The van der Waals surface area contributed by atoms with Crippen LogP contribution >= 0.6 is 11.3 Å². The summed E-state index contributed by atoms with van der Waals surface area (Å²) in [6, 6.07) is 11.2. The zero-order chi connectivity index (χ0) is 16.5. The van der Waals surface area contributed by atoms with Gasteiger partial charge in [0.05, 0.1) is 18.6 Å². The van der Waals surface area contributed by atoms with Crippen LogP contribution in [0.15, 0.2) is 41.8 Å². The number of hydrazine groups is 1. The van der Waals surface area contributed by atoms with E-state index in [9.17, 15) is 9.59 Å². The normalized spacial score (nSPS) is 9.96. The SMILES string of the molecule is COc1ccc(CCCOC(=O)NNC(=O)c2cccs2)cc1. The zero-order valence-electron chi connectivity index (χ0n) is 12.7. The molecule has 122 valence electrons. The largest absolute Gasteiger partial charge is 0.497 e. The van der Waals surface area contributed by atoms with Crippen LogP contribution in [0.3, 0.4) is 0 Å². The minimum Gasteiger partial charge on any atom is -0.497 e. The van der Waals surface area contributed by atoms with Crippen LogP contribution in [0, 0.1) is 0 Å². The van der Waals surface area contributed by atoms with Gasteiger partial charge in [0.2, 0.25) is 0 Å². The van der Waals surface area contributed by atoms with Gasteiger partial charge in [-0.3, -0.25) is 10.2 Å². The van der Waals surface area contributed by atoms with Crippen LogP contribution in [-0.2, 0) is 11.2 Å². The fraction of sp³-hybridized carbons (Fsp3) is 0.250. The van der Waals surface area contributed by atoms with Crippen molar-refractivity contribution in [1.29, 1.82) is 0 Å². The Labute approximate surface area is 138 Å². The molecule has 2 rings (SSSR count). The molecule has 0 spiro atoms. The summed E-state index contributed by atoms with van der Waals surface area (Å²) in [5.74, 6) is 0.445. The lowest BCUT2D eigenvalue weighted by molar-refractivity contribution is 0.0913. The quantitative estimate of drug-likeness (QED) is 0.629. The van der Waals surface area contributed by atoms with Crippen molar-refractivity contribution < 1.29 is 19.1 Å². The first-order valence-corrected chi connectivity index (χ1v) is 7.96. The van der Waals surface area contributed by atoms with Crippen LogP contribution in [0.2, 0.25) is 0 Å². The van der Waals surface area contributed by atoms with Crippen molar-refractivity contribution in [1.82, 2.24) is 10.9 Å². The number of ether oxygens (including phenoxy) is 2. The van der Waals surface area contributed by atoms with Crippen molar-refractivity contribution in [3.63, 3.8) is 0 Å². The second-order valence-corrected chi connectivity index (χ2v) is 5.59. The van der Waals surface area contributed by atoms with E-state index >= 15 is 0 Å². The average Bonchev–Trinajstić information content (AvgIpc) is 3.12. The number of carbonyl (C=O) groups excluding carboxylic acids is 2. The Bertz CT molecular complexity index is 626. The molecule has 2 amide bonds. The lowest BCUT2D eigenvalue weighted by atomic mass is 10.1. The van der Waals surface area contributed by atoms with E-state index in [2.05, 4.69) is 10.9 Å². The van der Waals surface area contributed by atoms with Gasteiger partial charge in [-0.1, -0.05) is 18.2 Å². The number of aryl methyl sites for hydroxylation is 1. The summed E-state index contributed by atoms with van der Waals surface area (Å²) in [7, 11) is 1.62. The summed E-state index contributed by atoms with van der Waals surface area (Å²) < 4.78 is 10.1. The highest BCUT2D eigenvalue weighted by Gasteiger charge is 2.08. The van der Waals surface area contributed by atoms with Crippen molar-refractivity contribution in [3.8, 4) is 5.75 Å². The number of amides is 2. The van der Waals surface area contributed by atoms with Gasteiger partial charge in [0.15, 0.2) is 0 Å². The molecule has 2 N–H and O–H groups in total. The van der Waals surface area contributed by atoms with Gasteiger partial charge in [0.1, 0.15) is 5.75 Å². The second-order valence-electron chi connectivity index (χ2n) is 4.64. The monoisotopic (exact) mass is 334 g/mol. The Hall–Kier alpha value is -2.54. The Balaban J connectivity index is 1.60. The lowest BCUT2D eigenvalue weighted by Gasteiger charge is -2.08. The molecule has 23 heavy (non-hydrogen) atoms. The van der Waals surface area contributed by atoms with Gasteiger partial charge < -0.3 is 9.47 Å². The molecule has 0 saturated heterocycles. The van der Waals surface area contributed by atoms with Crippen LogP contribution in [0.25, 0.3) is 0 Å². The van der Waals surface area contributed by atoms with E-state index in [1.54, 1.807) is 24.6 Å². The molecule has 1 heterocycles. The third kappa shape index (κ3) is 5.63. The summed E-state index contributed by atoms with van der Waals surface area (Å²) >= 11 is 1.29. The Morgan fingerprint density at radius 3 is 2.57 bits per heavy atom. The van der Waals surface area contributed by atoms with Crippen molar-refractivity contribution in [2.24, 2.45) is 0 Å². The molecule has 0 radical (unpaired) electrons. The van der Waals surface area contributed by atoms with Crippen molar-refractivity contribution in [2.45, 2.75) is 12.8 Å². The van der Waals surface area contributed by atoms with Gasteiger partial charge in [-0.05, 0) is 42.0 Å². The first kappa shape index (κ1) is 16.8. The van der Waals surface area contributed by atoms with E-state index < -0.39 is 6.09 Å². The first-order chi connectivity index (χ1) is 11.2. The maximum atomic E-state index is 11.6. The number of carbonyl (C=O) groups is 2. The molecule has 0 atom stereocenters. The molecule has 0 bridgehead atoms. The molecule has 0 aliphatic rings. The van der Waals surface area contributed by atoms with E-state index in [4.69, 9.17) is 9.47 Å². The fourth-order valence-corrected chi connectivity index (χ4v) is 2.47. The van der Waals surface area contributed by atoms with Gasteiger partial charge in [-0.2, -0.15) is 0 Å². The molecule has 0 aliphatic heterocycles. The molecule has 0 fully saturated rings.